The van der Waals surface area contributed by atoms with Crippen LogP contribution in [0, 0.1) is 11.8 Å². The van der Waals surface area contributed by atoms with Crippen LogP contribution in [0.4, 0.5) is 0 Å². The maximum absolute atomic E-state index is 5.24. The first kappa shape index (κ1) is 17.4. The Hall–Kier alpha value is -1.62. The average molecular weight is 282 g/mol. The molecule has 1 N–H and O–H groups in total. The first-order valence-electron chi connectivity index (χ1n) is 6.41. The molecule has 2 aromatic rings. The van der Waals surface area contributed by atoms with E-state index in [1.54, 1.807) is 7.11 Å². The Morgan fingerprint density at radius 3 is 2.32 bits per heavy atom. The third-order valence-electron chi connectivity index (χ3n) is 2.03. The lowest BCUT2D eigenvalue weighted by molar-refractivity contribution is 0.413. The van der Waals surface area contributed by atoms with Crippen molar-refractivity contribution in [3.8, 4) is 17.2 Å². The molecule has 0 spiro atoms. The Morgan fingerprint density at radius 1 is 1.21 bits per heavy atom. The number of hydrogen-bond donors (Lipinski definition) is 1. The predicted octanol–water partition coefficient (Wildman–Crippen LogP) is 4.77. The van der Waals surface area contributed by atoms with Gasteiger partial charge in [0.25, 0.3) is 4.84 Å². The van der Waals surface area contributed by atoms with Gasteiger partial charge in [-0.1, -0.05) is 33.8 Å². The van der Waals surface area contributed by atoms with E-state index in [1.807, 2.05) is 52.8 Å². The van der Waals surface area contributed by atoms with Gasteiger partial charge >= 0.3 is 0 Å². The van der Waals surface area contributed by atoms with Gasteiger partial charge in [-0.3, -0.25) is 0 Å². The normalized spacial score (nSPS) is 8.74. The molecule has 0 aliphatic heterocycles. The summed E-state index contributed by atoms with van der Waals surface area (Å²) in [5, 5.41) is 6.52. The quantitative estimate of drug-likeness (QED) is 0.806. The van der Waals surface area contributed by atoms with Crippen molar-refractivity contribution in [2.24, 2.45) is 0 Å². The zero-order valence-corrected chi connectivity index (χ0v) is 13.2. The highest BCUT2D eigenvalue weighted by atomic mass is 32.1. The highest BCUT2D eigenvalue weighted by Gasteiger charge is 2.10. The first-order valence-corrected chi connectivity index (χ1v) is 6.82. The fraction of sp³-hybridized carbons (Fsp3) is 0.429. The number of ether oxygens (including phenoxy) is 1. The molecule has 1 aromatic carbocycles. The number of hydrogen-bond acceptors (Lipinski definition) is 4. The molecule has 1 heterocycles. The average Bonchev–Trinajstić information content (AvgIpc) is 2.89. The molecule has 0 saturated carbocycles. The van der Waals surface area contributed by atoms with Crippen LogP contribution in [0.2, 0.25) is 0 Å². The van der Waals surface area contributed by atoms with Crippen LogP contribution in [0.15, 0.2) is 22.6 Å². The first-order chi connectivity index (χ1) is 9.20. The number of nitrogens with one attached hydrogen (secondary N) is 1. The number of aromatic amines is 1. The van der Waals surface area contributed by atoms with Gasteiger partial charge in [0, 0.05) is 0 Å². The lowest BCUT2D eigenvalue weighted by Crippen LogP contribution is -1.89. The van der Waals surface area contributed by atoms with E-state index in [0.717, 1.165) is 16.9 Å². The van der Waals surface area contributed by atoms with E-state index in [1.165, 1.54) is 0 Å². The summed E-state index contributed by atoms with van der Waals surface area (Å²) in [5.41, 5.74) is 1.90. The van der Waals surface area contributed by atoms with Crippen LogP contribution >= 0.6 is 12.2 Å². The Balaban J connectivity index is 0.000000741. The molecule has 0 fully saturated rings. The van der Waals surface area contributed by atoms with E-state index in [0.29, 0.717) is 5.89 Å². The number of rotatable bonds is 2. The fourth-order valence-corrected chi connectivity index (χ4v) is 1.44. The largest absolute Gasteiger partial charge is 0.496 e. The number of methoxy groups -OCH3 is 1. The number of aryl methyl sites for hydroxylation is 1. The summed E-state index contributed by atoms with van der Waals surface area (Å²) in [5.74, 6) is 1.16. The van der Waals surface area contributed by atoms with Crippen molar-refractivity contribution in [3.63, 3.8) is 0 Å². The Kier molecular flexibility index (Phi) is 8.53. The van der Waals surface area contributed by atoms with Gasteiger partial charge in [-0.15, -0.1) is 5.10 Å². The Labute approximate surface area is 119 Å². The maximum atomic E-state index is 5.24. The van der Waals surface area contributed by atoms with Crippen molar-refractivity contribution in [2.45, 2.75) is 34.6 Å². The summed E-state index contributed by atoms with van der Waals surface area (Å²) in [4.78, 5) is 0.257. The molecule has 4 nitrogen and oxygen atoms in total. The van der Waals surface area contributed by atoms with Gasteiger partial charge in [0.2, 0.25) is 5.89 Å². The fourth-order valence-electron chi connectivity index (χ4n) is 1.32. The molecule has 0 saturated heterocycles. The summed E-state index contributed by atoms with van der Waals surface area (Å²) in [6, 6.07) is 5.77. The third kappa shape index (κ3) is 4.87. The van der Waals surface area contributed by atoms with Gasteiger partial charge in [-0.2, -0.15) is 0 Å². The molecule has 0 bridgehead atoms. The topological polar surface area (TPSA) is 51.0 Å². The van der Waals surface area contributed by atoms with Crippen molar-refractivity contribution in [1.29, 1.82) is 0 Å². The molecule has 0 aliphatic rings. The molecule has 19 heavy (non-hydrogen) atoms. The van der Waals surface area contributed by atoms with Crippen molar-refractivity contribution in [3.05, 3.63) is 28.6 Å². The molecule has 0 amide bonds. The molecule has 0 aliphatic carbocycles. The van der Waals surface area contributed by atoms with Crippen LogP contribution < -0.4 is 4.74 Å². The van der Waals surface area contributed by atoms with Crippen LogP contribution in [0.1, 0.15) is 33.3 Å². The molecule has 0 atom stereocenters. The monoisotopic (exact) mass is 282 g/mol. The summed E-state index contributed by atoms with van der Waals surface area (Å²) < 4.78 is 10.5. The van der Waals surface area contributed by atoms with Crippen molar-refractivity contribution >= 4 is 12.2 Å². The Bertz CT molecular complexity index is 532. The highest BCUT2D eigenvalue weighted by Crippen LogP contribution is 2.29. The zero-order chi connectivity index (χ0) is 14.8. The Morgan fingerprint density at radius 2 is 1.84 bits per heavy atom. The molecular formula is C14H22N2O2S. The molecule has 106 valence electrons. The van der Waals surface area contributed by atoms with Crippen LogP contribution in [-0.4, -0.2) is 17.3 Å². The zero-order valence-electron chi connectivity index (χ0n) is 12.4. The van der Waals surface area contributed by atoms with Gasteiger partial charge in [-0.25, -0.2) is 5.10 Å². The van der Waals surface area contributed by atoms with E-state index in [9.17, 15) is 0 Å². The summed E-state index contributed by atoms with van der Waals surface area (Å²) >= 11 is 4.81. The maximum Gasteiger partial charge on any atom is 0.284 e. The van der Waals surface area contributed by atoms with Crippen molar-refractivity contribution in [2.75, 3.05) is 7.11 Å². The summed E-state index contributed by atoms with van der Waals surface area (Å²) in [7, 11) is 1.61. The minimum Gasteiger partial charge on any atom is -0.496 e. The molecule has 0 unspecified atom stereocenters. The predicted molar refractivity (Wildman–Crippen MR) is 81.1 cm³/mol. The number of nitrogens with zero attached hydrogens (tertiary/aromatic N) is 1. The number of benzene rings is 1. The second-order valence-corrected chi connectivity index (χ2v) is 3.49. The standard InChI is InChI=1S/C10H10N2O2S.2C2H6/c1-6-3-4-7(8(5-6)13-2)9-11-12-10(15)14-9;2*1-2/h3-5H,1-2H3,(H,12,15);2*1-2H3. The summed E-state index contributed by atoms with van der Waals surface area (Å²) in [6.07, 6.45) is 0. The van der Waals surface area contributed by atoms with E-state index in [4.69, 9.17) is 21.4 Å². The van der Waals surface area contributed by atoms with E-state index in [2.05, 4.69) is 10.2 Å². The van der Waals surface area contributed by atoms with Crippen LogP contribution in [0.25, 0.3) is 11.5 Å². The third-order valence-corrected chi connectivity index (χ3v) is 2.20. The highest BCUT2D eigenvalue weighted by molar-refractivity contribution is 7.71. The van der Waals surface area contributed by atoms with Gasteiger partial charge in [0.05, 0.1) is 12.7 Å². The lowest BCUT2D eigenvalue weighted by atomic mass is 10.1. The molecule has 0 radical (unpaired) electrons. The van der Waals surface area contributed by atoms with Gasteiger partial charge in [0.1, 0.15) is 5.75 Å². The molecular weight excluding hydrogens is 260 g/mol. The van der Waals surface area contributed by atoms with Crippen LogP contribution in [0.3, 0.4) is 0 Å². The van der Waals surface area contributed by atoms with Crippen molar-refractivity contribution in [1.82, 2.24) is 10.2 Å². The second-order valence-electron chi connectivity index (χ2n) is 3.12. The van der Waals surface area contributed by atoms with Crippen LogP contribution in [0.5, 0.6) is 5.75 Å². The minimum atomic E-state index is 0.257. The number of H-pyrrole nitrogens is 1. The lowest BCUT2D eigenvalue weighted by Gasteiger charge is -2.05. The smallest absolute Gasteiger partial charge is 0.284 e. The second kappa shape index (κ2) is 9.33. The van der Waals surface area contributed by atoms with E-state index < -0.39 is 0 Å². The van der Waals surface area contributed by atoms with E-state index >= 15 is 0 Å². The van der Waals surface area contributed by atoms with E-state index in [-0.39, 0.29) is 4.84 Å². The SMILES string of the molecule is CC.CC.COc1cc(C)ccc1-c1n[nH]c(=S)o1. The number of aromatic nitrogens is 2. The molecule has 1 aromatic heterocycles. The van der Waals surface area contributed by atoms with Crippen molar-refractivity contribution < 1.29 is 9.15 Å². The van der Waals surface area contributed by atoms with Gasteiger partial charge in [-0.05, 0) is 36.8 Å². The van der Waals surface area contributed by atoms with Crippen LogP contribution in [-0.2, 0) is 0 Å². The van der Waals surface area contributed by atoms with Gasteiger partial charge in [0.15, 0.2) is 0 Å². The minimum absolute atomic E-state index is 0.257. The molecule has 5 heteroatoms. The summed E-state index contributed by atoms with van der Waals surface area (Å²) in [6.45, 7) is 9.99. The van der Waals surface area contributed by atoms with Gasteiger partial charge < -0.3 is 9.15 Å². The molecule has 2 rings (SSSR count).